The fraction of sp³-hybridized carbons (Fsp3) is 0.231. The van der Waals surface area contributed by atoms with Crippen molar-refractivity contribution < 1.29 is 9.47 Å². The van der Waals surface area contributed by atoms with E-state index in [-0.39, 0.29) is 0 Å². The zero-order valence-electron chi connectivity index (χ0n) is 11.4. The number of benzene rings is 1. The molecule has 0 saturated carbocycles. The van der Waals surface area contributed by atoms with Gasteiger partial charge in [-0.05, 0) is 23.8 Å². The minimum Gasteiger partial charge on any atom is -0.480 e. The van der Waals surface area contributed by atoms with Gasteiger partial charge in [0.2, 0.25) is 11.8 Å². The Bertz CT molecular complexity index is 642. The highest BCUT2D eigenvalue weighted by atomic mass is 79.9. The van der Waals surface area contributed by atoms with Gasteiger partial charge >= 0.3 is 0 Å². The third-order valence-electron chi connectivity index (χ3n) is 2.86. The SMILES string of the molecule is COc1cnc(C(NN)c2cc(Br)ccc2Cl)c(OC)n1. The first kappa shape index (κ1) is 16.0. The lowest BCUT2D eigenvalue weighted by atomic mass is 10.0. The van der Waals surface area contributed by atoms with Gasteiger partial charge in [-0.2, -0.15) is 4.98 Å². The van der Waals surface area contributed by atoms with Gasteiger partial charge in [0, 0.05) is 9.50 Å². The lowest BCUT2D eigenvalue weighted by molar-refractivity contribution is 0.352. The Morgan fingerprint density at radius 1 is 1.33 bits per heavy atom. The Balaban J connectivity index is 2.53. The number of ether oxygens (including phenoxy) is 2. The lowest BCUT2D eigenvalue weighted by Gasteiger charge is -2.19. The molecule has 21 heavy (non-hydrogen) atoms. The molecule has 0 aliphatic carbocycles. The van der Waals surface area contributed by atoms with Crippen LogP contribution in [0.3, 0.4) is 0 Å². The molecule has 1 aromatic carbocycles. The van der Waals surface area contributed by atoms with Crippen LogP contribution in [0.25, 0.3) is 0 Å². The van der Waals surface area contributed by atoms with Gasteiger partial charge in [-0.15, -0.1) is 0 Å². The summed E-state index contributed by atoms with van der Waals surface area (Å²) in [5.41, 5.74) is 3.96. The molecule has 0 amide bonds. The minimum atomic E-state index is -0.469. The molecule has 3 N–H and O–H groups in total. The van der Waals surface area contributed by atoms with Crippen molar-refractivity contribution in [3.8, 4) is 11.8 Å². The first-order chi connectivity index (χ1) is 10.1. The van der Waals surface area contributed by atoms with Crippen LogP contribution in [0.2, 0.25) is 5.02 Å². The number of hydrogen-bond donors (Lipinski definition) is 2. The van der Waals surface area contributed by atoms with E-state index in [1.54, 1.807) is 6.07 Å². The van der Waals surface area contributed by atoms with Crippen LogP contribution in [0, 0.1) is 0 Å². The fourth-order valence-corrected chi connectivity index (χ4v) is 2.47. The molecule has 1 atom stereocenters. The summed E-state index contributed by atoms with van der Waals surface area (Å²) in [6.07, 6.45) is 1.49. The molecule has 1 aromatic heterocycles. The summed E-state index contributed by atoms with van der Waals surface area (Å²) in [4.78, 5) is 8.51. The van der Waals surface area contributed by atoms with Crippen LogP contribution in [0.15, 0.2) is 28.9 Å². The van der Waals surface area contributed by atoms with Crippen molar-refractivity contribution in [3.05, 3.63) is 45.1 Å². The van der Waals surface area contributed by atoms with E-state index in [0.717, 1.165) is 10.0 Å². The van der Waals surface area contributed by atoms with E-state index in [2.05, 4.69) is 31.3 Å². The van der Waals surface area contributed by atoms with Crippen molar-refractivity contribution in [2.45, 2.75) is 6.04 Å². The van der Waals surface area contributed by atoms with Crippen LogP contribution in [0.4, 0.5) is 0 Å². The third-order valence-corrected chi connectivity index (χ3v) is 3.69. The zero-order valence-corrected chi connectivity index (χ0v) is 13.8. The van der Waals surface area contributed by atoms with E-state index in [9.17, 15) is 0 Å². The molecule has 0 saturated heterocycles. The first-order valence-corrected chi connectivity index (χ1v) is 7.13. The smallest absolute Gasteiger partial charge is 0.240 e. The predicted octanol–water partition coefficient (Wildman–Crippen LogP) is 2.46. The zero-order chi connectivity index (χ0) is 15.4. The lowest BCUT2D eigenvalue weighted by Crippen LogP contribution is -2.30. The van der Waals surface area contributed by atoms with Crippen LogP contribution >= 0.6 is 27.5 Å². The maximum Gasteiger partial charge on any atom is 0.240 e. The molecular weight excluding hydrogens is 360 g/mol. The summed E-state index contributed by atoms with van der Waals surface area (Å²) >= 11 is 9.65. The maximum atomic E-state index is 6.24. The predicted molar refractivity (Wildman–Crippen MR) is 83.5 cm³/mol. The molecule has 1 heterocycles. The van der Waals surface area contributed by atoms with Crippen LogP contribution < -0.4 is 20.7 Å². The quantitative estimate of drug-likeness (QED) is 0.619. The molecule has 0 aliphatic heterocycles. The Morgan fingerprint density at radius 2 is 2.10 bits per heavy atom. The number of nitrogens with one attached hydrogen (secondary N) is 1. The summed E-state index contributed by atoms with van der Waals surface area (Å²) < 4.78 is 11.2. The minimum absolute atomic E-state index is 0.313. The van der Waals surface area contributed by atoms with Crippen molar-refractivity contribution in [2.75, 3.05) is 14.2 Å². The molecule has 0 fully saturated rings. The van der Waals surface area contributed by atoms with Crippen LogP contribution in [-0.2, 0) is 0 Å². The highest BCUT2D eigenvalue weighted by molar-refractivity contribution is 9.10. The first-order valence-electron chi connectivity index (χ1n) is 5.96. The van der Waals surface area contributed by atoms with Gasteiger partial charge in [0.25, 0.3) is 0 Å². The number of halogens is 2. The van der Waals surface area contributed by atoms with Crippen molar-refractivity contribution in [3.63, 3.8) is 0 Å². The highest BCUT2D eigenvalue weighted by Gasteiger charge is 2.23. The van der Waals surface area contributed by atoms with Gasteiger partial charge in [-0.1, -0.05) is 27.5 Å². The van der Waals surface area contributed by atoms with E-state index in [4.69, 9.17) is 26.9 Å². The van der Waals surface area contributed by atoms with E-state index in [0.29, 0.717) is 22.5 Å². The molecule has 0 aliphatic rings. The summed E-state index contributed by atoms with van der Waals surface area (Å²) in [5, 5.41) is 0.556. The van der Waals surface area contributed by atoms with Crippen molar-refractivity contribution >= 4 is 27.5 Å². The standard InChI is InChI=1S/C13H14BrClN4O2/c1-20-10-6-17-12(13(18-10)21-2)11(19-16)8-5-7(14)3-4-9(8)15/h3-6,11,19H,16H2,1-2H3. The van der Waals surface area contributed by atoms with Crippen molar-refractivity contribution in [2.24, 2.45) is 5.84 Å². The van der Waals surface area contributed by atoms with Gasteiger partial charge in [-0.25, -0.2) is 10.4 Å². The Kier molecular flexibility index (Phi) is 5.35. The summed E-state index contributed by atoms with van der Waals surface area (Å²) in [5.74, 6) is 6.34. The molecule has 1 unspecified atom stereocenters. The maximum absolute atomic E-state index is 6.24. The fourth-order valence-electron chi connectivity index (χ4n) is 1.86. The second-order valence-electron chi connectivity index (χ2n) is 4.07. The van der Waals surface area contributed by atoms with Crippen molar-refractivity contribution in [1.29, 1.82) is 0 Å². The van der Waals surface area contributed by atoms with E-state index in [1.807, 2.05) is 12.1 Å². The number of nitrogens with zero attached hydrogens (tertiary/aromatic N) is 2. The molecule has 8 heteroatoms. The highest BCUT2D eigenvalue weighted by Crippen LogP contribution is 2.33. The molecule has 112 valence electrons. The Labute approximate surface area is 135 Å². The van der Waals surface area contributed by atoms with Gasteiger partial charge in [0.05, 0.1) is 26.5 Å². The van der Waals surface area contributed by atoms with Gasteiger partial charge in [-0.3, -0.25) is 5.84 Å². The molecule has 6 nitrogen and oxygen atoms in total. The van der Waals surface area contributed by atoms with E-state index in [1.165, 1.54) is 20.4 Å². The number of hydrogen-bond acceptors (Lipinski definition) is 6. The van der Waals surface area contributed by atoms with Crippen LogP contribution in [0.5, 0.6) is 11.8 Å². The monoisotopic (exact) mass is 372 g/mol. The van der Waals surface area contributed by atoms with E-state index < -0.39 is 6.04 Å². The average molecular weight is 374 g/mol. The summed E-state index contributed by atoms with van der Waals surface area (Å²) in [6.45, 7) is 0. The van der Waals surface area contributed by atoms with Gasteiger partial charge in [0.15, 0.2) is 0 Å². The second kappa shape index (κ2) is 7.04. The topological polar surface area (TPSA) is 82.3 Å². The van der Waals surface area contributed by atoms with Crippen LogP contribution in [-0.4, -0.2) is 24.2 Å². The molecule has 2 aromatic rings. The number of nitrogens with two attached hydrogens (primary N) is 1. The average Bonchev–Trinajstić information content (AvgIpc) is 2.51. The summed E-state index contributed by atoms with van der Waals surface area (Å²) in [6, 6.07) is 5.01. The van der Waals surface area contributed by atoms with E-state index >= 15 is 0 Å². The van der Waals surface area contributed by atoms with Crippen molar-refractivity contribution in [1.82, 2.24) is 15.4 Å². The van der Waals surface area contributed by atoms with Gasteiger partial charge in [0.1, 0.15) is 5.69 Å². The number of rotatable bonds is 5. The molecule has 0 spiro atoms. The molecular formula is C13H14BrClN4O2. The Hall–Kier alpha value is -1.41. The number of methoxy groups -OCH3 is 2. The second-order valence-corrected chi connectivity index (χ2v) is 5.40. The number of aromatic nitrogens is 2. The molecule has 0 bridgehead atoms. The van der Waals surface area contributed by atoms with Gasteiger partial charge < -0.3 is 9.47 Å². The summed E-state index contributed by atoms with van der Waals surface area (Å²) in [7, 11) is 3.01. The number of hydrazine groups is 1. The third kappa shape index (κ3) is 3.44. The largest absolute Gasteiger partial charge is 0.480 e. The molecule has 0 radical (unpaired) electrons. The Morgan fingerprint density at radius 3 is 2.71 bits per heavy atom. The molecule has 2 rings (SSSR count). The van der Waals surface area contributed by atoms with Crippen LogP contribution in [0.1, 0.15) is 17.3 Å². The normalized spacial score (nSPS) is 12.0.